The zero-order chi connectivity index (χ0) is 17.0. The molecule has 0 aliphatic carbocycles. The molecule has 1 aliphatic heterocycles. The molecular weight excluding hydrogens is 292 g/mol. The summed E-state index contributed by atoms with van der Waals surface area (Å²) in [4.78, 5) is 35.1. The molecule has 1 aromatic heterocycles. The Kier molecular flexibility index (Phi) is 5.58. The van der Waals surface area contributed by atoms with Crippen molar-refractivity contribution in [2.24, 2.45) is 0 Å². The largest absolute Gasteiger partial charge is 0.363 e. The molecule has 6 heteroatoms. The molecule has 0 spiro atoms. The van der Waals surface area contributed by atoms with Gasteiger partial charge in [0.25, 0.3) is 5.91 Å². The first kappa shape index (κ1) is 17.2. The molecule has 1 fully saturated rings. The lowest BCUT2D eigenvalue weighted by atomic mass is 10.1. The summed E-state index contributed by atoms with van der Waals surface area (Å²) >= 11 is 0. The monoisotopic (exact) mass is 318 g/mol. The Labute approximate surface area is 138 Å². The third-order valence-electron chi connectivity index (χ3n) is 4.32. The Morgan fingerprint density at radius 1 is 1.30 bits per heavy atom. The molecule has 0 saturated carbocycles. The SMILES string of the molecule is CCN(CC)C(=O)[C@H]1CCCN1C(=O)c1ccnc(N(C)C)c1. The van der Waals surface area contributed by atoms with Crippen LogP contribution >= 0.6 is 0 Å². The van der Waals surface area contributed by atoms with Crippen LogP contribution in [0.1, 0.15) is 37.0 Å². The number of nitrogens with zero attached hydrogens (tertiary/aromatic N) is 4. The summed E-state index contributed by atoms with van der Waals surface area (Å²) in [5.41, 5.74) is 0.586. The summed E-state index contributed by atoms with van der Waals surface area (Å²) in [5, 5.41) is 0. The van der Waals surface area contributed by atoms with Gasteiger partial charge in [-0.05, 0) is 38.8 Å². The van der Waals surface area contributed by atoms with Gasteiger partial charge < -0.3 is 14.7 Å². The Bertz CT molecular complexity index is 569. The Morgan fingerprint density at radius 2 is 2.00 bits per heavy atom. The predicted octanol–water partition coefficient (Wildman–Crippen LogP) is 1.62. The molecule has 2 rings (SSSR count). The minimum Gasteiger partial charge on any atom is -0.363 e. The van der Waals surface area contributed by atoms with Gasteiger partial charge in [0.05, 0.1) is 0 Å². The van der Waals surface area contributed by atoms with Crippen LogP contribution in [0.25, 0.3) is 0 Å². The third kappa shape index (κ3) is 3.63. The first-order valence-corrected chi connectivity index (χ1v) is 8.22. The molecule has 6 nitrogen and oxygen atoms in total. The van der Waals surface area contributed by atoms with Crippen LogP contribution in [0.2, 0.25) is 0 Å². The van der Waals surface area contributed by atoms with Gasteiger partial charge in [0.15, 0.2) is 0 Å². The van der Waals surface area contributed by atoms with Crippen LogP contribution in [0, 0.1) is 0 Å². The number of rotatable bonds is 5. The van der Waals surface area contributed by atoms with Crippen molar-refractivity contribution in [3.63, 3.8) is 0 Å². The Hall–Kier alpha value is -2.11. The molecule has 0 aromatic carbocycles. The number of likely N-dealkylation sites (N-methyl/N-ethyl adjacent to an activating group) is 1. The minimum atomic E-state index is -0.335. The number of carbonyl (C=O) groups is 2. The van der Waals surface area contributed by atoms with Gasteiger partial charge in [0, 0.05) is 45.5 Å². The van der Waals surface area contributed by atoms with Crippen molar-refractivity contribution in [2.45, 2.75) is 32.7 Å². The number of amides is 2. The second-order valence-corrected chi connectivity index (χ2v) is 5.96. The van der Waals surface area contributed by atoms with Crippen molar-refractivity contribution in [3.8, 4) is 0 Å². The van der Waals surface area contributed by atoms with Crippen molar-refractivity contribution < 1.29 is 9.59 Å². The predicted molar refractivity (Wildman–Crippen MR) is 90.6 cm³/mol. The third-order valence-corrected chi connectivity index (χ3v) is 4.32. The molecule has 0 radical (unpaired) electrons. The van der Waals surface area contributed by atoms with Gasteiger partial charge in [-0.2, -0.15) is 0 Å². The first-order valence-electron chi connectivity index (χ1n) is 8.22. The van der Waals surface area contributed by atoms with Crippen molar-refractivity contribution in [3.05, 3.63) is 23.9 Å². The fourth-order valence-corrected chi connectivity index (χ4v) is 2.97. The van der Waals surface area contributed by atoms with Gasteiger partial charge in [-0.1, -0.05) is 0 Å². The fraction of sp³-hybridized carbons (Fsp3) is 0.588. The summed E-state index contributed by atoms with van der Waals surface area (Å²) < 4.78 is 0. The summed E-state index contributed by atoms with van der Waals surface area (Å²) in [7, 11) is 3.78. The van der Waals surface area contributed by atoms with Crippen molar-refractivity contribution in [1.82, 2.24) is 14.8 Å². The molecule has 0 unspecified atom stereocenters. The van der Waals surface area contributed by atoms with Crippen LogP contribution in [0.3, 0.4) is 0 Å². The van der Waals surface area contributed by atoms with E-state index < -0.39 is 0 Å². The van der Waals surface area contributed by atoms with Crippen molar-refractivity contribution in [2.75, 3.05) is 38.6 Å². The lowest BCUT2D eigenvalue weighted by Gasteiger charge is -2.29. The highest BCUT2D eigenvalue weighted by molar-refractivity contribution is 5.98. The molecule has 2 amide bonds. The van der Waals surface area contributed by atoms with E-state index in [0.29, 0.717) is 25.2 Å². The zero-order valence-corrected chi connectivity index (χ0v) is 14.5. The van der Waals surface area contributed by atoms with E-state index in [1.54, 1.807) is 28.1 Å². The minimum absolute atomic E-state index is 0.0581. The summed E-state index contributed by atoms with van der Waals surface area (Å²) in [5.74, 6) is 0.711. The van der Waals surface area contributed by atoms with Gasteiger partial charge in [-0.25, -0.2) is 4.98 Å². The number of hydrogen-bond donors (Lipinski definition) is 0. The number of hydrogen-bond acceptors (Lipinski definition) is 4. The molecular formula is C17H26N4O2. The van der Waals surface area contributed by atoms with E-state index in [0.717, 1.165) is 18.7 Å². The van der Waals surface area contributed by atoms with E-state index in [1.165, 1.54) is 0 Å². The van der Waals surface area contributed by atoms with Gasteiger partial charge in [0.1, 0.15) is 11.9 Å². The molecule has 1 atom stereocenters. The molecule has 2 heterocycles. The summed E-state index contributed by atoms with van der Waals surface area (Å²) in [6.07, 6.45) is 3.25. The van der Waals surface area contributed by atoms with Gasteiger partial charge in [0.2, 0.25) is 5.91 Å². The van der Waals surface area contributed by atoms with E-state index >= 15 is 0 Å². The maximum absolute atomic E-state index is 12.8. The van der Waals surface area contributed by atoms with E-state index in [1.807, 2.05) is 32.8 Å². The van der Waals surface area contributed by atoms with Crippen LogP contribution in [0.5, 0.6) is 0 Å². The van der Waals surface area contributed by atoms with Crippen LogP contribution in [0.15, 0.2) is 18.3 Å². The summed E-state index contributed by atoms with van der Waals surface area (Å²) in [6.45, 7) is 5.92. The van der Waals surface area contributed by atoms with Gasteiger partial charge in [-0.3, -0.25) is 9.59 Å². The van der Waals surface area contributed by atoms with Gasteiger partial charge >= 0.3 is 0 Å². The molecule has 126 valence electrons. The maximum atomic E-state index is 12.8. The van der Waals surface area contributed by atoms with Gasteiger partial charge in [-0.15, -0.1) is 0 Å². The van der Waals surface area contributed by atoms with Crippen LogP contribution in [-0.4, -0.2) is 66.4 Å². The Morgan fingerprint density at radius 3 is 2.61 bits per heavy atom. The highest BCUT2D eigenvalue weighted by atomic mass is 16.2. The number of aromatic nitrogens is 1. The topological polar surface area (TPSA) is 56.8 Å². The van der Waals surface area contributed by atoms with Crippen LogP contribution in [0.4, 0.5) is 5.82 Å². The second kappa shape index (κ2) is 7.44. The quantitative estimate of drug-likeness (QED) is 0.828. The maximum Gasteiger partial charge on any atom is 0.254 e. The molecule has 0 bridgehead atoms. The normalized spacial score (nSPS) is 17.2. The Balaban J connectivity index is 2.21. The summed E-state index contributed by atoms with van der Waals surface area (Å²) in [6, 6.07) is 3.16. The lowest BCUT2D eigenvalue weighted by Crippen LogP contribution is -2.47. The van der Waals surface area contributed by atoms with Crippen molar-refractivity contribution in [1.29, 1.82) is 0 Å². The number of likely N-dealkylation sites (tertiary alicyclic amines) is 1. The highest BCUT2D eigenvalue weighted by Crippen LogP contribution is 2.23. The average Bonchev–Trinajstić information content (AvgIpc) is 3.04. The van der Waals surface area contributed by atoms with Crippen LogP contribution in [-0.2, 0) is 4.79 Å². The molecule has 1 aliphatic rings. The molecule has 0 N–H and O–H groups in total. The fourth-order valence-electron chi connectivity index (χ4n) is 2.97. The molecule has 1 aromatic rings. The van der Waals surface area contributed by atoms with E-state index in [4.69, 9.17) is 0 Å². The zero-order valence-electron chi connectivity index (χ0n) is 14.5. The van der Waals surface area contributed by atoms with E-state index in [-0.39, 0.29) is 17.9 Å². The van der Waals surface area contributed by atoms with E-state index in [2.05, 4.69) is 4.98 Å². The first-order chi connectivity index (χ1) is 11.0. The molecule has 1 saturated heterocycles. The smallest absolute Gasteiger partial charge is 0.254 e. The number of anilines is 1. The molecule has 23 heavy (non-hydrogen) atoms. The van der Waals surface area contributed by atoms with E-state index in [9.17, 15) is 9.59 Å². The van der Waals surface area contributed by atoms with Crippen LogP contribution < -0.4 is 4.90 Å². The lowest BCUT2D eigenvalue weighted by molar-refractivity contribution is -0.134. The highest BCUT2D eigenvalue weighted by Gasteiger charge is 2.36. The standard InChI is InChI=1S/C17H26N4O2/c1-5-20(6-2)17(23)14-8-7-11-21(14)16(22)13-9-10-18-15(12-13)19(3)4/h9-10,12,14H,5-8,11H2,1-4H3/t14-/m1/s1. The number of pyridine rings is 1. The average molecular weight is 318 g/mol. The second-order valence-electron chi connectivity index (χ2n) is 5.96. The number of carbonyl (C=O) groups excluding carboxylic acids is 2. The van der Waals surface area contributed by atoms with Crippen molar-refractivity contribution >= 4 is 17.6 Å².